The number of aliphatic hydroxyl groups excluding tert-OH is 4. The third-order valence-electron chi connectivity index (χ3n) is 17.1. The first-order valence-electron chi connectivity index (χ1n) is 25.9. The number of rotatable bonds is 4. The van der Waals surface area contributed by atoms with E-state index in [2.05, 4.69) is 0 Å². The highest BCUT2D eigenvalue weighted by Crippen LogP contribution is 2.70. The standard InChI is InChI=1S/C60H44O24/c61-23-13-34(71)42-37(14-23)79-58(20-2-6-26(63)31(68)10-20)55(75)48(42)47-39(81-58)17-35(72)43-49-44-40(83-60(56(49)76,84-54(43)47)22-4-8-28(65)33(70)12-22)18-41-45(51(44)74)50-46-38(80-59(82-41,57(50)77)21-3-7-27(64)32(69)11-21)16-29(66)24-15-36(73)52(78-53(24)46)19-1-5-25(62)30(67)9-19/h1-14,16-18,36,48-50,52,55-57,61-77H,15H2/t36-,48+,49+,50+,52+,55+,56+,57+,58-,59+,60+/m0/s1. The molecule has 0 radical (unpaired) electrons. The van der Waals surface area contributed by atoms with Crippen molar-refractivity contribution in [2.24, 2.45) is 0 Å². The molecule has 11 atom stereocenters. The lowest BCUT2D eigenvalue weighted by Crippen LogP contribution is -2.60. The molecule has 84 heavy (non-hydrogen) atoms. The smallest absolute Gasteiger partial charge is 0.305 e. The Balaban J connectivity index is 0.994. The van der Waals surface area contributed by atoms with E-state index in [1.807, 2.05) is 0 Å². The van der Waals surface area contributed by atoms with Gasteiger partial charge in [0.2, 0.25) is 0 Å². The van der Waals surface area contributed by atoms with E-state index < -0.39 is 146 Å². The average molecular weight is 1150 g/mol. The van der Waals surface area contributed by atoms with Crippen LogP contribution in [0, 0.1) is 0 Å². The number of fused-ring (bicyclic) bond motifs is 21. The van der Waals surface area contributed by atoms with Crippen LogP contribution in [-0.4, -0.2) is 111 Å². The van der Waals surface area contributed by atoms with Gasteiger partial charge in [-0.05, 0) is 72.3 Å². The largest absolute Gasteiger partial charge is 0.508 e. The van der Waals surface area contributed by atoms with Crippen LogP contribution in [0.15, 0.2) is 103 Å². The Hall–Kier alpha value is -10.4. The second-order valence-electron chi connectivity index (χ2n) is 21.6. The highest BCUT2D eigenvalue weighted by molar-refractivity contribution is 5.76. The van der Waals surface area contributed by atoms with Crippen molar-refractivity contribution in [1.29, 1.82) is 0 Å². The molecule has 0 spiro atoms. The van der Waals surface area contributed by atoms with Crippen molar-refractivity contribution in [3.8, 4) is 115 Å². The lowest BCUT2D eigenvalue weighted by atomic mass is 9.69. The molecule has 0 saturated carbocycles. The van der Waals surface area contributed by atoms with Crippen molar-refractivity contribution in [3.63, 3.8) is 0 Å². The fourth-order valence-corrected chi connectivity index (χ4v) is 13.3. The highest BCUT2D eigenvalue weighted by Gasteiger charge is 2.66. The van der Waals surface area contributed by atoms with E-state index in [-0.39, 0.29) is 102 Å². The lowest BCUT2D eigenvalue weighted by Gasteiger charge is -2.54. The van der Waals surface area contributed by atoms with Crippen molar-refractivity contribution in [3.05, 3.63) is 164 Å². The molecule has 0 saturated heterocycles. The molecule has 8 aromatic rings. The molecule has 7 aliphatic heterocycles. The number of hydrogen-bond acceptors (Lipinski definition) is 24. The maximum absolute atomic E-state index is 13.4. The number of aromatic hydroxyl groups is 13. The summed E-state index contributed by atoms with van der Waals surface area (Å²) in [5, 5.41) is 196. The van der Waals surface area contributed by atoms with Crippen molar-refractivity contribution in [2.75, 3.05) is 0 Å². The second kappa shape index (κ2) is 16.6. The first kappa shape index (κ1) is 50.6. The number of hydrogen-bond donors (Lipinski definition) is 17. The Morgan fingerprint density at radius 1 is 0.333 bits per heavy atom. The molecule has 0 aliphatic carbocycles. The van der Waals surface area contributed by atoms with Gasteiger partial charge < -0.3 is 120 Å². The minimum Gasteiger partial charge on any atom is -0.508 e. The zero-order valence-corrected chi connectivity index (χ0v) is 42.6. The maximum Gasteiger partial charge on any atom is 0.305 e. The summed E-state index contributed by atoms with van der Waals surface area (Å²) < 4.78 is 46.5. The van der Waals surface area contributed by atoms with Crippen LogP contribution in [0.25, 0.3) is 0 Å². The number of ether oxygens (including phenoxy) is 7. The van der Waals surface area contributed by atoms with Gasteiger partial charge >= 0.3 is 17.4 Å². The molecule has 6 bridgehead atoms. The van der Waals surface area contributed by atoms with Crippen molar-refractivity contribution in [2.45, 2.75) is 72.1 Å². The molecule has 24 nitrogen and oxygen atoms in total. The van der Waals surface area contributed by atoms with Crippen LogP contribution in [0.3, 0.4) is 0 Å². The number of phenolic OH excluding ortho intramolecular Hbond substituents is 13. The predicted octanol–water partition coefficient (Wildman–Crippen LogP) is 5.29. The molecule has 0 fully saturated rings. The molecule has 17 N–H and O–H groups in total. The molecule has 428 valence electrons. The van der Waals surface area contributed by atoms with E-state index in [0.717, 1.165) is 66.7 Å². The zero-order valence-electron chi connectivity index (χ0n) is 42.6. The van der Waals surface area contributed by atoms with Crippen molar-refractivity contribution >= 4 is 0 Å². The van der Waals surface area contributed by atoms with Crippen LogP contribution in [-0.2, 0) is 23.8 Å². The summed E-state index contributed by atoms with van der Waals surface area (Å²) in [6, 6.07) is 19.3. The molecule has 7 aliphatic rings. The number of benzene rings is 8. The van der Waals surface area contributed by atoms with Crippen LogP contribution in [0.2, 0.25) is 0 Å². The van der Waals surface area contributed by atoms with E-state index in [1.165, 1.54) is 36.4 Å². The zero-order chi connectivity index (χ0) is 58.7. The summed E-state index contributed by atoms with van der Waals surface area (Å²) in [6.07, 6.45) is -9.15. The number of phenols is 13. The molecule has 0 amide bonds. The summed E-state index contributed by atoms with van der Waals surface area (Å²) in [4.78, 5) is 0. The summed E-state index contributed by atoms with van der Waals surface area (Å²) in [7, 11) is 0. The van der Waals surface area contributed by atoms with Gasteiger partial charge in [-0.1, -0.05) is 6.07 Å². The summed E-state index contributed by atoms with van der Waals surface area (Å²) in [5.74, 6) is -22.6. The van der Waals surface area contributed by atoms with Gasteiger partial charge in [-0.3, -0.25) is 0 Å². The molecule has 7 heterocycles. The van der Waals surface area contributed by atoms with E-state index in [9.17, 15) is 86.8 Å². The first-order chi connectivity index (χ1) is 40.0. The van der Waals surface area contributed by atoms with Gasteiger partial charge in [0.15, 0.2) is 46.0 Å². The molecule has 0 aromatic heterocycles. The first-order valence-corrected chi connectivity index (χ1v) is 25.9. The topological polar surface area (TPSA) is 409 Å². The Morgan fingerprint density at radius 3 is 1.24 bits per heavy atom. The predicted molar refractivity (Wildman–Crippen MR) is 279 cm³/mol. The fourth-order valence-electron chi connectivity index (χ4n) is 13.3. The summed E-state index contributed by atoms with van der Waals surface area (Å²) in [5.41, 5.74) is -1.62. The Labute approximate surface area is 469 Å². The Kier molecular flexibility index (Phi) is 10.0. The van der Waals surface area contributed by atoms with Gasteiger partial charge in [-0.15, -0.1) is 0 Å². The van der Waals surface area contributed by atoms with Crippen LogP contribution in [0.5, 0.6) is 115 Å². The molecular weight excluding hydrogens is 1100 g/mol. The normalized spacial score (nSPS) is 27.5. The van der Waals surface area contributed by atoms with E-state index in [4.69, 9.17) is 33.2 Å². The maximum atomic E-state index is 13.4. The van der Waals surface area contributed by atoms with Crippen LogP contribution < -0.4 is 33.2 Å². The van der Waals surface area contributed by atoms with Crippen LogP contribution in [0.4, 0.5) is 0 Å². The van der Waals surface area contributed by atoms with Gasteiger partial charge in [-0.25, -0.2) is 0 Å². The fraction of sp³-hybridized carbons (Fsp3) is 0.200. The molecule has 0 unspecified atom stereocenters. The van der Waals surface area contributed by atoms with Gasteiger partial charge in [0, 0.05) is 92.4 Å². The minimum absolute atomic E-state index is 0.00288. The third-order valence-corrected chi connectivity index (χ3v) is 17.1. The van der Waals surface area contributed by atoms with Gasteiger partial charge in [-0.2, -0.15) is 0 Å². The third kappa shape index (κ3) is 6.43. The lowest BCUT2D eigenvalue weighted by molar-refractivity contribution is -0.228. The molecule has 8 aromatic carbocycles. The molecule has 15 rings (SSSR count). The minimum atomic E-state index is -2.64. The van der Waals surface area contributed by atoms with Crippen molar-refractivity contribution in [1.82, 2.24) is 0 Å². The summed E-state index contributed by atoms with van der Waals surface area (Å²) >= 11 is 0. The van der Waals surface area contributed by atoms with Crippen molar-refractivity contribution < 1.29 is 120 Å². The second-order valence-corrected chi connectivity index (χ2v) is 21.6. The van der Waals surface area contributed by atoms with E-state index in [0.29, 0.717) is 0 Å². The van der Waals surface area contributed by atoms with Crippen LogP contribution >= 0.6 is 0 Å². The average Bonchev–Trinajstić information content (AvgIpc) is 0.869. The molecular formula is C60H44O24. The van der Waals surface area contributed by atoms with E-state index >= 15 is 0 Å². The number of aliphatic hydroxyl groups is 4. The van der Waals surface area contributed by atoms with Gasteiger partial charge in [0.05, 0.1) is 23.9 Å². The summed E-state index contributed by atoms with van der Waals surface area (Å²) in [6.45, 7) is 0. The monoisotopic (exact) mass is 1150 g/mol. The Bertz CT molecular complexity index is 4260. The van der Waals surface area contributed by atoms with Crippen LogP contribution in [0.1, 0.15) is 85.1 Å². The SMILES string of the molecule is Oc1cc(O)c2c(c1)O[C@@]1(c3ccc(O)c(O)c3)Oc3cc(O)c4c(c3[C@@H]2[C@H]1O)O[C@@]1(c2ccc(O)c(O)c2)Oc2cc3c(c(O)c2[C@@H]4[C@H]1O)[C@@H]1c2c(cc(O)c4c2O[C@H](c2ccc(O)c(O)c2)[C@@H](O)C4)O[C@](c2ccc(O)c(O)c2)(O3)[C@@H]1O. The Morgan fingerprint density at radius 2 is 0.738 bits per heavy atom. The van der Waals surface area contributed by atoms with Gasteiger partial charge in [0.1, 0.15) is 93.4 Å². The quantitative estimate of drug-likeness (QED) is 0.0995. The molecule has 24 heteroatoms. The van der Waals surface area contributed by atoms with E-state index in [1.54, 1.807) is 0 Å². The highest BCUT2D eigenvalue weighted by atomic mass is 16.7. The van der Waals surface area contributed by atoms with Gasteiger partial charge in [0.25, 0.3) is 0 Å².